The Morgan fingerprint density at radius 1 is 1.15 bits per heavy atom. The van der Waals surface area contributed by atoms with Gasteiger partial charge in [-0.2, -0.15) is 8.78 Å². The first-order chi connectivity index (χ1) is 15.6. The molecule has 2 heterocycles. The van der Waals surface area contributed by atoms with Crippen molar-refractivity contribution in [1.82, 2.24) is 15.1 Å². The molecule has 1 N–H and O–H groups in total. The van der Waals surface area contributed by atoms with E-state index in [2.05, 4.69) is 12.4 Å². The summed E-state index contributed by atoms with van der Waals surface area (Å²) in [4.78, 5) is 51.2. The Balaban J connectivity index is 1.44. The van der Waals surface area contributed by atoms with Gasteiger partial charge in [-0.15, -0.1) is 0 Å². The summed E-state index contributed by atoms with van der Waals surface area (Å²) in [7, 11) is 3.44. The Bertz CT molecular complexity index is 1150. The zero-order valence-electron chi connectivity index (χ0n) is 17.3. The smallest absolute Gasteiger partial charge is 0.346 e. The van der Waals surface area contributed by atoms with Crippen LogP contribution in [-0.4, -0.2) is 39.5 Å². The summed E-state index contributed by atoms with van der Waals surface area (Å²) in [5.74, 6) is -6.49. The van der Waals surface area contributed by atoms with Crippen LogP contribution in [0, 0.1) is 7.05 Å². The molecular weight excluding hydrogens is 456 g/mol. The lowest BCUT2D eigenvalue weighted by molar-refractivity contribution is -0.149. The fourth-order valence-electron chi connectivity index (χ4n) is 3.95. The first kappa shape index (κ1) is 22.8. The second-order valence-corrected chi connectivity index (χ2v) is 8.34. The third kappa shape index (κ3) is 4.20. The first-order valence-electron chi connectivity index (χ1n) is 10.1. The quantitative estimate of drug-likeness (QED) is 0.675. The van der Waals surface area contributed by atoms with E-state index in [9.17, 15) is 28.0 Å². The van der Waals surface area contributed by atoms with E-state index in [1.807, 2.05) is 0 Å². The highest BCUT2D eigenvalue weighted by molar-refractivity contribution is 6.30. The Hall–Kier alpha value is -3.33. The molecule has 2 aliphatic rings. The second-order valence-electron chi connectivity index (χ2n) is 7.90. The fourth-order valence-corrected chi connectivity index (χ4v) is 4.08. The van der Waals surface area contributed by atoms with Crippen molar-refractivity contribution in [3.63, 3.8) is 0 Å². The molecule has 0 saturated carbocycles. The third-order valence-electron chi connectivity index (χ3n) is 5.81. The standard InChI is InChI=1S/C23H19ClF2N3O4/c1-28-19(30)9-8-18(21(28)32)29-12-14-10-13(2-7-17(14)20(29)31)11-27-22(33)23(25,26)15-3-5-16(24)6-4-15/h2-7,10,18H,1,8-9,11-12H2,(H,27,33). The summed E-state index contributed by atoms with van der Waals surface area (Å²) in [5.41, 5.74) is 1.04. The number of fused-ring (bicyclic) bond motifs is 1. The molecule has 171 valence electrons. The summed E-state index contributed by atoms with van der Waals surface area (Å²) in [6, 6.07) is 8.67. The Kier molecular flexibility index (Phi) is 5.92. The number of alkyl halides is 2. The maximum atomic E-state index is 14.4. The van der Waals surface area contributed by atoms with E-state index in [1.165, 1.54) is 23.1 Å². The normalized spacial score (nSPS) is 18.5. The van der Waals surface area contributed by atoms with Crippen LogP contribution in [0.1, 0.15) is 39.9 Å². The highest BCUT2D eigenvalue weighted by atomic mass is 35.5. The van der Waals surface area contributed by atoms with E-state index in [0.717, 1.165) is 17.0 Å². The van der Waals surface area contributed by atoms with Crippen molar-refractivity contribution in [3.05, 3.63) is 76.8 Å². The molecule has 7 nitrogen and oxygen atoms in total. The van der Waals surface area contributed by atoms with Gasteiger partial charge in [0.15, 0.2) is 0 Å². The lowest BCUT2D eigenvalue weighted by Gasteiger charge is -2.33. The van der Waals surface area contributed by atoms with E-state index >= 15 is 0 Å². The Labute approximate surface area is 193 Å². The monoisotopic (exact) mass is 474 g/mol. The van der Waals surface area contributed by atoms with Crippen molar-refractivity contribution in [1.29, 1.82) is 0 Å². The molecule has 4 rings (SSSR count). The van der Waals surface area contributed by atoms with Crippen molar-refractivity contribution >= 4 is 35.2 Å². The molecule has 1 fully saturated rings. The zero-order valence-corrected chi connectivity index (χ0v) is 18.1. The maximum Gasteiger partial charge on any atom is 0.349 e. The number of imide groups is 1. The highest BCUT2D eigenvalue weighted by Crippen LogP contribution is 2.31. The molecule has 1 radical (unpaired) electrons. The number of nitrogens with one attached hydrogen (secondary N) is 1. The summed E-state index contributed by atoms with van der Waals surface area (Å²) in [6.45, 7) is -0.0394. The van der Waals surface area contributed by atoms with Gasteiger partial charge >= 0.3 is 5.92 Å². The van der Waals surface area contributed by atoms with Crippen molar-refractivity contribution < 1.29 is 28.0 Å². The largest absolute Gasteiger partial charge is 0.349 e. The van der Waals surface area contributed by atoms with Gasteiger partial charge < -0.3 is 10.2 Å². The van der Waals surface area contributed by atoms with Crippen molar-refractivity contribution in [2.75, 3.05) is 0 Å². The number of benzene rings is 2. The summed E-state index contributed by atoms with van der Waals surface area (Å²) < 4.78 is 28.9. The maximum absolute atomic E-state index is 14.4. The van der Waals surface area contributed by atoms with Gasteiger partial charge in [0.25, 0.3) is 17.7 Å². The van der Waals surface area contributed by atoms with Crippen LogP contribution in [0.15, 0.2) is 42.5 Å². The minimum atomic E-state index is -3.74. The number of hydrogen-bond donors (Lipinski definition) is 1. The van der Waals surface area contributed by atoms with Gasteiger partial charge in [0.2, 0.25) is 5.91 Å². The molecule has 2 aliphatic heterocycles. The molecule has 0 spiro atoms. The third-order valence-corrected chi connectivity index (χ3v) is 6.06. The van der Waals surface area contributed by atoms with Crippen LogP contribution in [0.2, 0.25) is 5.02 Å². The van der Waals surface area contributed by atoms with Crippen molar-refractivity contribution in [2.45, 2.75) is 37.9 Å². The Morgan fingerprint density at radius 2 is 1.85 bits per heavy atom. The molecule has 10 heteroatoms. The predicted molar refractivity (Wildman–Crippen MR) is 114 cm³/mol. The molecule has 2 aromatic rings. The molecular formula is C23H19ClF2N3O4. The number of amides is 4. The van der Waals surface area contributed by atoms with E-state index in [4.69, 9.17) is 11.6 Å². The number of rotatable bonds is 5. The number of hydrogen-bond acceptors (Lipinski definition) is 4. The van der Waals surface area contributed by atoms with Gasteiger partial charge in [0.05, 0.1) is 0 Å². The topological polar surface area (TPSA) is 86.8 Å². The number of carbonyl (C=O) groups is 4. The number of halogens is 3. The molecule has 0 aromatic heterocycles. The van der Waals surface area contributed by atoms with Crippen LogP contribution >= 0.6 is 11.6 Å². The average Bonchev–Trinajstić information content (AvgIpc) is 3.11. The van der Waals surface area contributed by atoms with Crippen LogP contribution in [0.5, 0.6) is 0 Å². The molecule has 4 amide bonds. The number of nitrogens with zero attached hydrogens (tertiary/aromatic N) is 2. The van der Waals surface area contributed by atoms with E-state index in [1.54, 1.807) is 12.1 Å². The van der Waals surface area contributed by atoms with Gasteiger partial charge in [0, 0.05) is 42.7 Å². The summed E-state index contributed by atoms with van der Waals surface area (Å²) >= 11 is 5.71. The van der Waals surface area contributed by atoms with Crippen LogP contribution in [0.3, 0.4) is 0 Å². The van der Waals surface area contributed by atoms with E-state index in [0.29, 0.717) is 16.7 Å². The van der Waals surface area contributed by atoms with Gasteiger partial charge in [0.1, 0.15) is 6.04 Å². The second kappa shape index (κ2) is 8.55. The molecule has 1 saturated heterocycles. The molecule has 1 unspecified atom stereocenters. The van der Waals surface area contributed by atoms with E-state index < -0.39 is 35.2 Å². The van der Waals surface area contributed by atoms with Crippen LogP contribution in [0.4, 0.5) is 8.78 Å². The van der Waals surface area contributed by atoms with Crippen molar-refractivity contribution in [3.8, 4) is 0 Å². The zero-order chi connectivity index (χ0) is 23.9. The van der Waals surface area contributed by atoms with Crippen LogP contribution in [0.25, 0.3) is 0 Å². The first-order valence-corrected chi connectivity index (χ1v) is 10.5. The molecule has 1 atom stereocenters. The van der Waals surface area contributed by atoms with Crippen LogP contribution < -0.4 is 5.32 Å². The predicted octanol–water partition coefficient (Wildman–Crippen LogP) is 3.01. The molecule has 0 aliphatic carbocycles. The molecule has 33 heavy (non-hydrogen) atoms. The minimum Gasteiger partial charge on any atom is -0.346 e. The summed E-state index contributed by atoms with van der Waals surface area (Å²) in [5, 5.41) is 2.50. The lowest BCUT2D eigenvalue weighted by atomic mass is 10.0. The fraction of sp³-hybridized carbons (Fsp3) is 0.261. The molecule has 0 bridgehead atoms. The van der Waals surface area contributed by atoms with Crippen LogP contribution in [-0.2, 0) is 33.4 Å². The number of likely N-dealkylation sites (tertiary alicyclic amines) is 1. The van der Waals surface area contributed by atoms with Gasteiger partial charge in [-0.3, -0.25) is 24.1 Å². The van der Waals surface area contributed by atoms with Gasteiger partial charge in [-0.05, 0) is 35.7 Å². The molecule has 2 aromatic carbocycles. The van der Waals surface area contributed by atoms with Gasteiger partial charge in [-0.1, -0.05) is 35.9 Å². The lowest BCUT2D eigenvalue weighted by Crippen LogP contribution is -2.52. The van der Waals surface area contributed by atoms with Gasteiger partial charge in [-0.25, -0.2) is 0 Å². The highest BCUT2D eigenvalue weighted by Gasteiger charge is 2.42. The SMILES string of the molecule is [CH2]N1C(=O)CCC(N2Cc3cc(CNC(=O)C(F)(F)c4ccc(Cl)cc4)ccc3C2=O)C1=O. The van der Waals surface area contributed by atoms with Crippen molar-refractivity contribution in [2.24, 2.45) is 0 Å². The Morgan fingerprint density at radius 3 is 2.55 bits per heavy atom. The van der Waals surface area contributed by atoms with E-state index in [-0.39, 0.29) is 36.9 Å². The summed E-state index contributed by atoms with van der Waals surface area (Å²) in [6.07, 6.45) is 0.325. The minimum absolute atomic E-state index is 0.110. The number of piperidine rings is 1. The average molecular weight is 475 g/mol. The number of carbonyl (C=O) groups excluding carboxylic acids is 4.